The molecule has 0 radical (unpaired) electrons. The molecule has 0 saturated carbocycles. The van der Waals surface area contributed by atoms with Crippen molar-refractivity contribution in [2.45, 2.75) is 111 Å². The molecule has 0 heterocycles. The highest BCUT2D eigenvalue weighted by Crippen LogP contribution is 2.49. The molecule has 0 bridgehead atoms. The fourth-order valence-corrected chi connectivity index (χ4v) is 5.97. The molecule has 11 nitrogen and oxygen atoms in total. The lowest BCUT2D eigenvalue weighted by atomic mass is 10.0. The first-order valence-corrected chi connectivity index (χ1v) is 16.4. The number of benzene rings is 1. The van der Waals surface area contributed by atoms with Gasteiger partial charge in [0.25, 0.3) is 0 Å². The molecular formula is C31H50NO10P. The molecule has 12 heteroatoms. The standard InChI is InChI=1S/C31H50NO10P/c1-29(2,3)40-25(33)17-16-23(26(34)41-30(4,5)6)21-43(37,38-10)19-18-24(27(35)42-31(7,8)9)32-28(36)39-20-22-14-12-11-13-15-22/h11-15,23-24H,16-21H2,1-10H3,(H,32,36)/t23?,24-,43?/m0/s1. The number of hydrogen-bond acceptors (Lipinski definition) is 10. The van der Waals surface area contributed by atoms with Crippen LogP contribution >= 0.6 is 7.37 Å². The molecule has 1 rings (SSSR count). The molecule has 43 heavy (non-hydrogen) atoms. The van der Waals surface area contributed by atoms with Crippen LogP contribution in [-0.4, -0.2) is 66.3 Å². The quantitative estimate of drug-likeness (QED) is 0.148. The number of esters is 3. The van der Waals surface area contributed by atoms with E-state index < -0.39 is 60.1 Å². The van der Waals surface area contributed by atoms with Gasteiger partial charge < -0.3 is 28.8 Å². The number of ether oxygens (including phenoxy) is 4. The maximum Gasteiger partial charge on any atom is 0.408 e. The van der Waals surface area contributed by atoms with Crippen LogP contribution < -0.4 is 5.32 Å². The summed E-state index contributed by atoms with van der Waals surface area (Å²) in [4.78, 5) is 51.1. The molecule has 0 saturated heterocycles. The summed E-state index contributed by atoms with van der Waals surface area (Å²) in [6, 6.07) is 7.82. The molecule has 244 valence electrons. The van der Waals surface area contributed by atoms with Gasteiger partial charge in [0.05, 0.1) is 5.92 Å². The minimum atomic E-state index is -3.58. The smallest absolute Gasteiger partial charge is 0.408 e. The summed E-state index contributed by atoms with van der Waals surface area (Å²) in [5.74, 6) is -2.81. The van der Waals surface area contributed by atoms with Crippen LogP contribution in [0.15, 0.2) is 30.3 Å². The first-order chi connectivity index (χ1) is 19.6. The highest BCUT2D eigenvalue weighted by Gasteiger charge is 2.36. The van der Waals surface area contributed by atoms with Crippen LogP contribution in [0.25, 0.3) is 0 Å². The zero-order valence-corrected chi connectivity index (χ0v) is 28.2. The predicted octanol–water partition coefficient (Wildman–Crippen LogP) is 6.02. The average molecular weight is 628 g/mol. The molecule has 0 aliphatic carbocycles. The van der Waals surface area contributed by atoms with Crippen molar-refractivity contribution in [1.29, 1.82) is 0 Å². The zero-order valence-electron chi connectivity index (χ0n) is 27.3. The van der Waals surface area contributed by atoms with Crippen molar-refractivity contribution in [3.63, 3.8) is 0 Å². The highest BCUT2D eigenvalue weighted by atomic mass is 31.2. The number of rotatable bonds is 14. The molecule has 3 atom stereocenters. The monoisotopic (exact) mass is 627 g/mol. The van der Waals surface area contributed by atoms with Gasteiger partial charge >= 0.3 is 24.0 Å². The van der Waals surface area contributed by atoms with E-state index in [-0.39, 0.29) is 38.2 Å². The Labute approximate surface area is 256 Å². The van der Waals surface area contributed by atoms with Gasteiger partial charge in [-0.2, -0.15) is 0 Å². The van der Waals surface area contributed by atoms with Crippen LogP contribution in [0.5, 0.6) is 0 Å². The van der Waals surface area contributed by atoms with E-state index in [1.165, 1.54) is 7.11 Å². The molecule has 1 amide bonds. The summed E-state index contributed by atoms with van der Waals surface area (Å²) in [5.41, 5.74) is -1.61. The van der Waals surface area contributed by atoms with Gasteiger partial charge in [0.1, 0.15) is 29.5 Å². The number of nitrogens with one attached hydrogen (secondary N) is 1. The van der Waals surface area contributed by atoms with Crippen molar-refractivity contribution in [2.24, 2.45) is 5.92 Å². The second kappa shape index (κ2) is 16.2. The Morgan fingerprint density at radius 3 is 1.84 bits per heavy atom. The first-order valence-electron chi connectivity index (χ1n) is 14.4. The molecule has 1 N–H and O–H groups in total. The Kier molecular flexibility index (Phi) is 14.4. The Morgan fingerprint density at radius 1 is 0.791 bits per heavy atom. The Morgan fingerprint density at radius 2 is 1.33 bits per heavy atom. The average Bonchev–Trinajstić information content (AvgIpc) is 2.85. The molecule has 0 fully saturated rings. The topological polar surface area (TPSA) is 144 Å². The summed E-state index contributed by atoms with van der Waals surface area (Å²) in [7, 11) is -2.33. The maximum absolute atomic E-state index is 13.9. The van der Waals surface area contributed by atoms with Gasteiger partial charge in [-0.1, -0.05) is 30.3 Å². The molecule has 0 aliphatic rings. The zero-order chi connectivity index (χ0) is 33.1. The Bertz CT molecular complexity index is 1120. The Hall–Kier alpha value is -2.91. The van der Waals surface area contributed by atoms with E-state index in [0.29, 0.717) is 0 Å². The van der Waals surface area contributed by atoms with E-state index >= 15 is 0 Å². The van der Waals surface area contributed by atoms with Crippen molar-refractivity contribution >= 4 is 31.4 Å². The highest BCUT2D eigenvalue weighted by molar-refractivity contribution is 7.59. The van der Waals surface area contributed by atoms with E-state index in [4.69, 9.17) is 23.5 Å². The van der Waals surface area contributed by atoms with Crippen molar-refractivity contribution in [3.8, 4) is 0 Å². The lowest BCUT2D eigenvalue weighted by Gasteiger charge is -2.28. The summed E-state index contributed by atoms with van der Waals surface area (Å²) < 4.78 is 41.0. The summed E-state index contributed by atoms with van der Waals surface area (Å²) in [6.45, 7) is 15.4. The van der Waals surface area contributed by atoms with E-state index in [1.54, 1.807) is 86.6 Å². The van der Waals surface area contributed by atoms with Gasteiger partial charge in [0.15, 0.2) is 0 Å². The van der Waals surface area contributed by atoms with Crippen molar-refractivity contribution < 1.29 is 47.2 Å². The third kappa shape index (κ3) is 17.1. The molecule has 2 unspecified atom stereocenters. The first kappa shape index (κ1) is 38.1. The normalized spacial score (nSPS) is 14.9. The molecule has 1 aromatic rings. The van der Waals surface area contributed by atoms with E-state index in [9.17, 15) is 23.7 Å². The number of alkyl carbamates (subject to hydrolysis) is 1. The third-order valence-electron chi connectivity index (χ3n) is 5.64. The van der Waals surface area contributed by atoms with Gasteiger partial charge in [0, 0.05) is 25.9 Å². The largest absolute Gasteiger partial charge is 0.460 e. The van der Waals surface area contributed by atoms with Gasteiger partial charge in [0.2, 0.25) is 7.37 Å². The summed E-state index contributed by atoms with van der Waals surface area (Å²) in [5, 5.41) is 2.51. The van der Waals surface area contributed by atoms with Crippen LogP contribution in [0.3, 0.4) is 0 Å². The molecule has 0 spiro atoms. The van der Waals surface area contributed by atoms with E-state index in [0.717, 1.165) is 5.56 Å². The van der Waals surface area contributed by atoms with Crippen LogP contribution in [0, 0.1) is 5.92 Å². The van der Waals surface area contributed by atoms with Gasteiger partial charge in [-0.15, -0.1) is 0 Å². The van der Waals surface area contributed by atoms with Crippen molar-refractivity contribution in [3.05, 3.63) is 35.9 Å². The Balaban J connectivity index is 3.07. The fraction of sp³-hybridized carbons (Fsp3) is 0.677. The molecule has 1 aromatic carbocycles. The number of amides is 1. The fourth-order valence-electron chi connectivity index (χ4n) is 3.80. The molecular weight excluding hydrogens is 577 g/mol. The lowest BCUT2D eigenvalue weighted by Crippen LogP contribution is -2.45. The van der Waals surface area contributed by atoms with E-state index in [1.807, 2.05) is 6.07 Å². The number of carbonyl (C=O) groups excluding carboxylic acids is 4. The summed E-state index contributed by atoms with van der Waals surface area (Å²) >= 11 is 0. The maximum atomic E-state index is 13.9. The van der Waals surface area contributed by atoms with Crippen molar-refractivity contribution in [1.82, 2.24) is 5.32 Å². The second-order valence-electron chi connectivity index (χ2n) is 13.3. The minimum absolute atomic E-state index is 0.0144. The van der Waals surface area contributed by atoms with Gasteiger partial charge in [-0.05, 0) is 80.7 Å². The number of carbonyl (C=O) groups is 4. The van der Waals surface area contributed by atoms with Gasteiger partial charge in [-0.3, -0.25) is 14.2 Å². The second-order valence-corrected chi connectivity index (χ2v) is 16.1. The third-order valence-corrected chi connectivity index (χ3v) is 8.25. The SMILES string of the molecule is COP(=O)(CC[C@H](NC(=O)OCc1ccccc1)C(=O)OC(C)(C)C)CC(CCC(=O)OC(C)(C)C)C(=O)OC(C)(C)C. The molecule has 0 aromatic heterocycles. The van der Waals surface area contributed by atoms with Crippen LogP contribution in [0.4, 0.5) is 4.79 Å². The van der Waals surface area contributed by atoms with Crippen LogP contribution in [0.1, 0.15) is 87.1 Å². The van der Waals surface area contributed by atoms with Crippen molar-refractivity contribution in [2.75, 3.05) is 19.4 Å². The number of hydrogen-bond donors (Lipinski definition) is 1. The molecule has 0 aliphatic heterocycles. The minimum Gasteiger partial charge on any atom is -0.460 e. The predicted molar refractivity (Wildman–Crippen MR) is 163 cm³/mol. The van der Waals surface area contributed by atoms with E-state index in [2.05, 4.69) is 5.32 Å². The summed E-state index contributed by atoms with van der Waals surface area (Å²) in [6.07, 6.45) is -1.44. The van der Waals surface area contributed by atoms with Gasteiger partial charge in [-0.25, -0.2) is 9.59 Å². The van der Waals surface area contributed by atoms with Crippen LogP contribution in [0.2, 0.25) is 0 Å². The van der Waals surface area contributed by atoms with Crippen LogP contribution in [-0.2, 0) is 49.0 Å². The lowest BCUT2D eigenvalue weighted by molar-refractivity contribution is -0.161.